The van der Waals surface area contributed by atoms with Crippen LogP contribution in [-0.2, 0) is 17.6 Å². The Morgan fingerprint density at radius 1 is 1.21 bits per heavy atom. The van der Waals surface area contributed by atoms with Crippen molar-refractivity contribution in [1.29, 1.82) is 0 Å². The molecule has 1 heterocycles. The number of H-pyrrole nitrogens is 1. The zero-order valence-electron chi connectivity index (χ0n) is 13.4. The number of hydrogen-bond donors (Lipinski definition) is 4. The predicted molar refractivity (Wildman–Crippen MR) is 89.6 cm³/mol. The van der Waals surface area contributed by atoms with Crippen LogP contribution in [0.1, 0.15) is 24.0 Å². The number of benzene rings is 1. The van der Waals surface area contributed by atoms with E-state index in [4.69, 9.17) is 5.11 Å². The summed E-state index contributed by atoms with van der Waals surface area (Å²) in [6, 6.07) is 9.19. The van der Waals surface area contributed by atoms with E-state index in [2.05, 4.69) is 20.8 Å². The van der Waals surface area contributed by atoms with Gasteiger partial charge in [-0.15, -0.1) is 0 Å². The number of urea groups is 1. The van der Waals surface area contributed by atoms with Gasteiger partial charge in [0.25, 0.3) is 0 Å². The Balaban J connectivity index is 1.81. The largest absolute Gasteiger partial charge is 0.481 e. The Labute approximate surface area is 140 Å². The number of carbonyl (C=O) groups is 2. The Bertz CT molecular complexity index is 629. The number of amides is 2. The van der Waals surface area contributed by atoms with Crippen LogP contribution in [0.5, 0.6) is 0 Å². The molecular formula is C17H22N4O3. The van der Waals surface area contributed by atoms with Crippen LogP contribution in [0.3, 0.4) is 0 Å². The van der Waals surface area contributed by atoms with E-state index in [-0.39, 0.29) is 18.5 Å². The molecule has 0 saturated carbocycles. The van der Waals surface area contributed by atoms with Gasteiger partial charge in [-0.3, -0.25) is 9.89 Å². The third kappa shape index (κ3) is 6.51. The van der Waals surface area contributed by atoms with Crippen LogP contribution in [0.25, 0.3) is 0 Å². The molecule has 0 aliphatic heterocycles. The summed E-state index contributed by atoms with van der Waals surface area (Å²) in [7, 11) is 0. The van der Waals surface area contributed by atoms with Gasteiger partial charge in [0.2, 0.25) is 0 Å². The van der Waals surface area contributed by atoms with Crippen molar-refractivity contribution in [3.63, 3.8) is 0 Å². The highest BCUT2D eigenvalue weighted by Crippen LogP contribution is 2.08. The van der Waals surface area contributed by atoms with Gasteiger partial charge in [-0.1, -0.05) is 30.3 Å². The highest BCUT2D eigenvalue weighted by molar-refractivity contribution is 5.74. The Morgan fingerprint density at radius 3 is 2.67 bits per heavy atom. The lowest BCUT2D eigenvalue weighted by Crippen LogP contribution is -2.43. The zero-order valence-corrected chi connectivity index (χ0v) is 13.4. The summed E-state index contributed by atoms with van der Waals surface area (Å²) in [5, 5.41) is 21.1. The monoisotopic (exact) mass is 330 g/mol. The predicted octanol–water partition coefficient (Wildman–Crippen LogP) is 1.73. The molecule has 1 unspecified atom stereocenters. The topological polar surface area (TPSA) is 107 Å². The van der Waals surface area contributed by atoms with Gasteiger partial charge in [-0.25, -0.2) is 4.79 Å². The molecule has 2 rings (SSSR count). The number of carboxylic acids is 1. The molecule has 7 heteroatoms. The number of nitrogens with zero attached hydrogens (tertiary/aromatic N) is 1. The highest BCUT2D eigenvalue weighted by Gasteiger charge is 2.14. The van der Waals surface area contributed by atoms with Crippen LogP contribution < -0.4 is 10.6 Å². The van der Waals surface area contributed by atoms with Crippen LogP contribution >= 0.6 is 0 Å². The average Bonchev–Trinajstić information content (AvgIpc) is 3.07. The van der Waals surface area contributed by atoms with E-state index in [0.29, 0.717) is 25.8 Å². The Hall–Kier alpha value is -2.83. The summed E-state index contributed by atoms with van der Waals surface area (Å²) in [5.41, 5.74) is 2.08. The van der Waals surface area contributed by atoms with Crippen LogP contribution in [-0.4, -0.2) is 39.9 Å². The van der Waals surface area contributed by atoms with Crippen molar-refractivity contribution in [2.75, 3.05) is 6.54 Å². The molecule has 7 nitrogen and oxygen atoms in total. The van der Waals surface area contributed by atoms with Crippen LogP contribution in [0.15, 0.2) is 42.7 Å². The average molecular weight is 330 g/mol. The SMILES string of the molecule is O=C(O)CCC(Cc1ccccc1)NC(=O)NCCc1cn[nH]c1. The van der Waals surface area contributed by atoms with Crippen LogP contribution in [0.4, 0.5) is 4.79 Å². The molecule has 128 valence electrons. The molecule has 0 saturated heterocycles. The smallest absolute Gasteiger partial charge is 0.315 e. The fraction of sp³-hybridized carbons (Fsp3) is 0.353. The van der Waals surface area contributed by atoms with Gasteiger partial charge >= 0.3 is 12.0 Å². The number of carboxylic acid groups (broad SMARTS) is 1. The van der Waals surface area contributed by atoms with E-state index in [1.165, 1.54) is 0 Å². The molecule has 0 radical (unpaired) electrons. The first kappa shape index (κ1) is 17.5. The van der Waals surface area contributed by atoms with Crippen molar-refractivity contribution >= 4 is 12.0 Å². The minimum absolute atomic E-state index is 0.0206. The second kappa shape index (κ2) is 9.34. The van der Waals surface area contributed by atoms with Crippen molar-refractivity contribution in [2.24, 2.45) is 0 Å². The number of hydrogen-bond acceptors (Lipinski definition) is 3. The first-order chi connectivity index (χ1) is 11.6. The van der Waals surface area contributed by atoms with Crippen LogP contribution in [0, 0.1) is 0 Å². The van der Waals surface area contributed by atoms with E-state index in [1.807, 2.05) is 30.3 Å². The molecule has 0 fully saturated rings. The summed E-state index contributed by atoms with van der Waals surface area (Å²) in [5.74, 6) is -0.866. The minimum atomic E-state index is -0.866. The lowest BCUT2D eigenvalue weighted by atomic mass is 10.0. The first-order valence-corrected chi connectivity index (χ1v) is 7.91. The molecule has 2 amide bonds. The number of aromatic nitrogens is 2. The molecule has 0 spiro atoms. The number of aromatic amines is 1. The second-order valence-corrected chi connectivity index (χ2v) is 5.58. The maximum Gasteiger partial charge on any atom is 0.315 e. The van der Waals surface area contributed by atoms with Crippen molar-refractivity contribution in [2.45, 2.75) is 31.7 Å². The van der Waals surface area contributed by atoms with Gasteiger partial charge in [-0.05, 0) is 30.4 Å². The van der Waals surface area contributed by atoms with Crippen LogP contribution in [0.2, 0.25) is 0 Å². The summed E-state index contributed by atoms with van der Waals surface area (Å²) < 4.78 is 0. The highest BCUT2D eigenvalue weighted by atomic mass is 16.4. The molecule has 1 aromatic heterocycles. The van der Waals surface area contributed by atoms with Crippen molar-refractivity contribution in [1.82, 2.24) is 20.8 Å². The molecular weight excluding hydrogens is 308 g/mol. The fourth-order valence-corrected chi connectivity index (χ4v) is 2.39. The lowest BCUT2D eigenvalue weighted by Gasteiger charge is -2.18. The lowest BCUT2D eigenvalue weighted by molar-refractivity contribution is -0.137. The molecule has 0 aliphatic carbocycles. The Kier molecular flexibility index (Phi) is 6.82. The summed E-state index contributed by atoms with van der Waals surface area (Å²) >= 11 is 0. The molecule has 0 aliphatic rings. The van der Waals surface area contributed by atoms with Gasteiger partial charge in [0, 0.05) is 25.2 Å². The van der Waals surface area contributed by atoms with Gasteiger partial charge < -0.3 is 15.7 Å². The molecule has 1 atom stereocenters. The number of aliphatic carboxylic acids is 1. The minimum Gasteiger partial charge on any atom is -0.481 e. The normalized spacial score (nSPS) is 11.7. The number of carbonyl (C=O) groups excluding carboxylic acids is 1. The van der Waals surface area contributed by atoms with Gasteiger partial charge in [0.15, 0.2) is 0 Å². The molecule has 2 aromatic rings. The maximum absolute atomic E-state index is 12.0. The zero-order chi connectivity index (χ0) is 17.2. The maximum atomic E-state index is 12.0. The molecule has 24 heavy (non-hydrogen) atoms. The molecule has 4 N–H and O–H groups in total. The quantitative estimate of drug-likeness (QED) is 0.561. The first-order valence-electron chi connectivity index (χ1n) is 7.91. The Morgan fingerprint density at radius 2 is 2.00 bits per heavy atom. The third-order valence-electron chi connectivity index (χ3n) is 3.62. The van der Waals surface area contributed by atoms with Crippen molar-refractivity contribution in [3.8, 4) is 0 Å². The summed E-state index contributed by atoms with van der Waals surface area (Å²) in [4.78, 5) is 22.8. The van der Waals surface area contributed by atoms with Crippen molar-refractivity contribution < 1.29 is 14.7 Å². The van der Waals surface area contributed by atoms with E-state index in [9.17, 15) is 9.59 Å². The fourth-order valence-electron chi connectivity index (χ4n) is 2.39. The standard InChI is InChI=1S/C17H22N4O3/c22-16(23)7-6-15(10-13-4-2-1-3-5-13)21-17(24)18-9-8-14-11-19-20-12-14/h1-5,11-12,15H,6-10H2,(H,19,20)(H,22,23)(H2,18,21,24). The summed E-state index contributed by atoms with van der Waals surface area (Å²) in [6.45, 7) is 0.488. The molecule has 0 bridgehead atoms. The van der Waals surface area contributed by atoms with Gasteiger partial charge in [0.1, 0.15) is 0 Å². The van der Waals surface area contributed by atoms with Crippen molar-refractivity contribution in [3.05, 3.63) is 53.9 Å². The summed E-state index contributed by atoms with van der Waals surface area (Å²) in [6.07, 6.45) is 5.19. The second-order valence-electron chi connectivity index (χ2n) is 5.58. The van der Waals surface area contributed by atoms with Gasteiger partial charge in [0.05, 0.1) is 6.20 Å². The van der Waals surface area contributed by atoms with Gasteiger partial charge in [-0.2, -0.15) is 5.10 Å². The third-order valence-corrected chi connectivity index (χ3v) is 3.62. The van der Waals surface area contributed by atoms with E-state index < -0.39 is 5.97 Å². The van der Waals surface area contributed by atoms with E-state index >= 15 is 0 Å². The molecule has 1 aromatic carbocycles. The number of rotatable bonds is 9. The number of nitrogens with one attached hydrogen (secondary N) is 3. The van der Waals surface area contributed by atoms with E-state index in [0.717, 1.165) is 11.1 Å². The van der Waals surface area contributed by atoms with E-state index in [1.54, 1.807) is 12.4 Å².